The van der Waals surface area contributed by atoms with Crippen molar-refractivity contribution >= 4 is 57.6 Å². The maximum atomic E-state index is 14.0. The third-order valence-electron chi connectivity index (χ3n) is 9.53. The summed E-state index contributed by atoms with van der Waals surface area (Å²) in [4.78, 5) is 53.5. The molecule has 1 saturated carbocycles. The van der Waals surface area contributed by atoms with Gasteiger partial charge in [-0.1, -0.05) is 72.3 Å². The first kappa shape index (κ1) is 26.2. The summed E-state index contributed by atoms with van der Waals surface area (Å²) >= 11 is 14.5. The van der Waals surface area contributed by atoms with Gasteiger partial charge in [-0.2, -0.15) is 0 Å². The molecule has 208 valence electrons. The van der Waals surface area contributed by atoms with Crippen LogP contribution in [0.4, 0.5) is 0 Å². The molecule has 7 rings (SSSR count). The van der Waals surface area contributed by atoms with Crippen molar-refractivity contribution in [3.63, 3.8) is 0 Å². The molecule has 3 aromatic rings. The van der Waals surface area contributed by atoms with Gasteiger partial charge < -0.3 is 5.11 Å². The van der Waals surface area contributed by atoms with E-state index in [0.29, 0.717) is 16.5 Å². The Morgan fingerprint density at radius 2 is 1.59 bits per heavy atom. The number of imide groups is 2. The van der Waals surface area contributed by atoms with Crippen LogP contribution in [0.1, 0.15) is 29.9 Å². The fraction of sp³-hybridized carbons (Fsp3) is 0.312. The largest absolute Gasteiger partial charge is 0.508 e. The first-order valence-corrected chi connectivity index (χ1v) is 14.3. The number of amides is 4. The Balaban J connectivity index is 1.42. The molecule has 0 aromatic heterocycles. The molecular weight excluding hydrogens is 563 g/mol. The smallest absolute Gasteiger partial charge is 0.253 e. The number of aromatic hydroxyl groups is 1. The summed E-state index contributed by atoms with van der Waals surface area (Å²) in [6.45, 7) is 0.146. The second kappa shape index (κ2) is 8.91. The molecule has 2 heterocycles. The van der Waals surface area contributed by atoms with Crippen LogP contribution in [-0.2, 0) is 25.7 Å². The predicted molar refractivity (Wildman–Crippen MR) is 153 cm³/mol. The molecule has 7 nitrogen and oxygen atoms in total. The van der Waals surface area contributed by atoms with Gasteiger partial charge in [0.15, 0.2) is 9.75 Å². The molecule has 2 aliphatic carbocycles. The summed E-state index contributed by atoms with van der Waals surface area (Å²) in [5.74, 6) is -5.02. The summed E-state index contributed by atoms with van der Waals surface area (Å²) in [6, 6.07) is 20.0. The van der Waals surface area contributed by atoms with E-state index < -0.39 is 45.2 Å². The zero-order chi connectivity index (χ0) is 28.8. The molecule has 41 heavy (non-hydrogen) atoms. The number of alkyl halides is 2. The van der Waals surface area contributed by atoms with E-state index in [2.05, 4.69) is 0 Å². The van der Waals surface area contributed by atoms with E-state index in [1.165, 1.54) is 11.9 Å². The molecule has 6 atom stereocenters. The highest BCUT2D eigenvalue weighted by Crippen LogP contribution is 2.66. The van der Waals surface area contributed by atoms with Crippen LogP contribution >= 0.6 is 23.2 Å². The van der Waals surface area contributed by atoms with Crippen molar-refractivity contribution in [3.05, 3.63) is 89.5 Å². The number of phenolic OH excluding ortho intramolecular Hbond substituents is 1. The van der Waals surface area contributed by atoms with Gasteiger partial charge in [-0.05, 0) is 41.2 Å². The van der Waals surface area contributed by atoms with Crippen LogP contribution in [0.5, 0.6) is 5.75 Å². The molecule has 0 bridgehead atoms. The quantitative estimate of drug-likeness (QED) is 0.271. The SMILES string of the molecule is CN1C(=O)C2(Cl)CC3C(=CCC4C(=O)N(Cc5ccccc5)C(=O)C43)C(c3c(O)ccc4ccccc34)C2(Cl)C1=O. The van der Waals surface area contributed by atoms with Crippen LogP contribution in [0.25, 0.3) is 10.8 Å². The fourth-order valence-corrected chi connectivity index (χ4v) is 8.64. The molecule has 4 amide bonds. The van der Waals surface area contributed by atoms with Crippen molar-refractivity contribution in [3.8, 4) is 5.75 Å². The van der Waals surface area contributed by atoms with E-state index in [9.17, 15) is 24.3 Å². The summed E-state index contributed by atoms with van der Waals surface area (Å²) < 4.78 is 0. The molecule has 6 unspecified atom stereocenters. The summed E-state index contributed by atoms with van der Waals surface area (Å²) in [5.41, 5.74) is 1.87. The van der Waals surface area contributed by atoms with Crippen LogP contribution in [-0.4, -0.2) is 55.3 Å². The average molecular weight is 589 g/mol. The number of halogens is 2. The Morgan fingerprint density at radius 3 is 2.34 bits per heavy atom. The van der Waals surface area contributed by atoms with Gasteiger partial charge in [-0.15, -0.1) is 23.2 Å². The lowest BCUT2D eigenvalue weighted by Gasteiger charge is -2.51. The number of benzene rings is 3. The highest BCUT2D eigenvalue weighted by atomic mass is 35.5. The fourth-order valence-electron chi connectivity index (χ4n) is 7.64. The number of carbonyl (C=O) groups excluding carboxylic acids is 4. The maximum Gasteiger partial charge on any atom is 0.253 e. The van der Waals surface area contributed by atoms with Gasteiger partial charge in [0.1, 0.15) is 5.75 Å². The van der Waals surface area contributed by atoms with Gasteiger partial charge in [-0.25, -0.2) is 0 Å². The number of hydrogen-bond donors (Lipinski definition) is 1. The lowest BCUT2D eigenvalue weighted by Crippen LogP contribution is -2.60. The van der Waals surface area contributed by atoms with Crippen molar-refractivity contribution in [1.29, 1.82) is 0 Å². The molecular formula is C32H26Cl2N2O5. The molecule has 9 heteroatoms. The minimum atomic E-state index is -1.95. The lowest BCUT2D eigenvalue weighted by molar-refractivity contribution is -0.141. The van der Waals surface area contributed by atoms with Crippen LogP contribution in [0.2, 0.25) is 0 Å². The van der Waals surface area contributed by atoms with Crippen LogP contribution in [0, 0.1) is 17.8 Å². The molecule has 0 radical (unpaired) electrons. The topological polar surface area (TPSA) is 95.0 Å². The van der Waals surface area contributed by atoms with Crippen molar-refractivity contribution in [2.24, 2.45) is 17.8 Å². The molecule has 3 fully saturated rings. The summed E-state index contributed by atoms with van der Waals surface area (Å²) in [6.07, 6.45) is 2.07. The predicted octanol–water partition coefficient (Wildman–Crippen LogP) is 4.73. The number of likely N-dealkylation sites (tertiary alicyclic amines) is 2. The number of phenols is 1. The highest BCUT2D eigenvalue weighted by molar-refractivity contribution is 6.53. The minimum Gasteiger partial charge on any atom is -0.508 e. The third kappa shape index (κ3) is 3.33. The molecule has 3 aromatic carbocycles. The van der Waals surface area contributed by atoms with Crippen LogP contribution < -0.4 is 0 Å². The number of rotatable bonds is 3. The molecule has 1 N–H and O–H groups in total. The monoisotopic (exact) mass is 588 g/mol. The van der Waals surface area contributed by atoms with E-state index in [1.807, 2.05) is 60.7 Å². The van der Waals surface area contributed by atoms with Crippen molar-refractivity contribution in [1.82, 2.24) is 9.80 Å². The minimum absolute atomic E-state index is 0.0831. The Bertz CT molecular complexity index is 1710. The van der Waals surface area contributed by atoms with Crippen molar-refractivity contribution in [2.75, 3.05) is 7.05 Å². The second-order valence-electron chi connectivity index (χ2n) is 11.5. The first-order valence-electron chi connectivity index (χ1n) is 13.6. The van der Waals surface area contributed by atoms with E-state index in [-0.39, 0.29) is 37.0 Å². The number of hydrogen-bond acceptors (Lipinski definition) is 5. The summed E-state index contributed by atoms with van der Waals surface area (Å²) in [7, 11) is 1.35. The second-order valence-corrected chi connectivity index (χ2v) is 12.7. The van der Waals surface area contributed by atoms with E-state index in [4.69, 9.17) is 23.2 Å². The first-order chi connectivity index (χ1) is 19.6. The van der Waals surface area contributed by atoms with Gasteiger partial charge in [0.2, 0.25) is 11.8 Å². The van der Waals surface area contributed by atoms with Crippen molar-refractivity contribution < 1.29 is 24.3 Å². The zero-order valence-electron chi connectivity index (χ0n) is 22.1. The number of fused-ring (bicyclic) bond motifs is 5. The Hall–Kier alpha value is -3.68. The normalized spacial score (nSPS) is 32.7. The lowest BCUT2D eigenvalue weighted by atomic mass is 9.56. The third-order valence-corrected chi connectivity index (χ3v) is 10.9. The molecule has 4 aliphatic rings. The maximum absolute atomic E-state index is 14.0. The summed E-state index contributed by atoms with van der Waals surface area (Å²) in [5, 5.41) is 12.8. The van der Waals surface area contributed by atoms with Gasteiger partial charge in [0.05, 0.1) is 18.4 Å². The van der Waals surface area contributed by atoms with Gasteiger partial charge in [0, 0.05) is 18.5 Å². The average Bonchev–Trinajstić information content (AvgIpc) is 3.29. The number of carbonyl (C=O) groups is 4. The molecule has 2 aliphatic heterocycles. The van der Waals surface area contributed by atoms with E-state index in [1.54, 1.807) is 12.1 Å². The van der Waals surface area contributed by atoms with Gasteiger partial charge >= 0.3 is 0 Å². The molecule has 0 spiro atoms. The van der Waals surface area contributed by atoms with Crippen LogP contribution in [0.3, 0.4) is 0 Å². The van der Waals surface area contributed by atoms with E-state index >= 15 is 0 Å². The van der Waals surface area contributed by atoms with Crippen LogP contribution in [0.15, 0.2) is 78.4 Å². The van der Waals surface area contributed by atoms with Crippen molar-refractivity contribution in [2.45, 2.75) is 35.1 Å². The number of allylic oxidation sites excluding steroid dienone is 2. The zero-order valence-corrected chi connectivity index (χ0v) is 23.6. The number of nitrogens with zero attached hydrogens (tertiary/aromatic N) is 2. The highest BCUT2D eigenvalue weighted by Gasteiger charge is 2.76. The molecule has 2 saturated heterocycles. The van der Waals surface area contributed by atoms with Gasteiger partial charge in [0.25, 0.3) is 11.8 Å². The Labute approximate surface area is 246 Å². The Morgan fingerprint density at radius 1 is 0.878 bits per heavy atom. The van der Waals surface area contributed by atoms with Gasteiger partial charge in [-0.3, -0.25) is 29.0 Å². The van der Waals surface area contributed by atoms with E-state index in [0.717, 1.165) is 15.8 Å². The Kier molecular flexibility index (Phi) is 5.70. The standard InChI is InChI=1S/C32H26Cl2N2O5/c1-35-29(40)31(33)15-22-20(12-13-21-24(22)28(39)36(27(21)38)16-17-7-3-2-4-8-17)26(32(31,34)30(35)41)25-19-10-6-5-9-18(19)11-14-23(25)37/h2-12,14,21-22,24,26,37H,13,15-16H2,1H3.